The maximum absolute atomic E-state index is 11.1. The zero-order valence-corrected chi connectivity index (χ0v) is 10.1. The summed E-state index contributed by atoms with van der Waals surface area (Å²) in [5.41, 5.74) is 2.11. The van der Waals surface area contributed by atoms with Crippen molar-refractivity contribution in [3.63, 3.8) is 0 Å². The van der Waals surface area contributed by atoms with Gasteiger partial charge in [0.15, 0.2) is 0 Å². The first kappa shape index (κ1) is 12.1. The van der Waals surface area contributed by atoms with Gasteiger partial charge in [-0.1, -0.05) is 12.1 Å². The number of aromatic nitrogens is 1. The Kier molecular flexibility index (Phi) is 3.57. The first-order chi connectivity index (χ1) is 8.68. The summed E-state index contributed by atoms with van der Waals surface area (Å²) in [7, 11) is 1.88. The Labute approximate surface area is 106 Å². The predicted molar refractivity (Wildman–Crippen MR) is 69.7 cm³/mol. The molecule has 4 nitrogen and oxygen atoms in total. The number of pyridine rings is 1. The minimum atomic E-state index is -0.910. The molecular formula is C14H14N2O2. The van der Waals surface area contributed by atoms with E-state index in [1.54, 1.807) is 24.5 Å². The van der Waals surface area contributed by atoms with Crippen LogP contribution in [0.5, 0.6) is 0 Å². The SMILES string of the molecule is CN(Cc1ccncc1)c1ccccc1C(=O)O. The van der Waals surface area contributed by atoms with Crippen molar-refractivity contribution in [1.29, 1.82) is 0 Å². The number of para-hydroxylation sites is 1. The van der Waals surface area contributed by atoms with Crippen LogP contribution in [0.2, 0.25) is 0 Å². The van der Waals surface area contributed by atoms with Crippen molar-refractivity contribution < 1.29 is 9.90 Å². The third-order valence-electron chi connectivity index (χ3n) is 2.71. The largest absolute Gasteiger partial charge is 0.478 e. The van der Waals surface area contributed by atoms with E-state index in [4.69, 9.17) is 5.11 Å². The van der Waals surface area contributed by atoms with E-state index >= 15 is 0 Å². The molecule has 0 atom stereocenters. The van der Waals surface area contributed by atoms with Crippen molar-refractivity contribution in [3.05, 3.63) is 59.9 Å². The van der Waals surface area contributed by atoms with E-state index in [0.717, 1.165) is 5.56 Å². The van der Waals surface area contributed by atoms with Crippen LogP contribution in [0.25, 0.3) is 0 Å². The highest BCUT2D eigenvalue weighted by Gasteiger charge is 2.12. The Balaban J connectivity index is 2.24. The minimum absolute atomic E-state index is 0.314. The van der Waals surface area contributed by atoms with Crippen LogP contribution in [-0.4, -0.2) is 23.1 Å². The van der Waals surface area contributed by atoms with E-state index < -0.39 is 5.97 Å². The molecule has 0 saturated carbocycles. The molecule has 0 spiro atoms. The van der Waals surface area contributed by atoms with Gasteiger partial charge in [0.25, 0.3) is 0 Å². The topological polar surface area (TPSA) is 53.4 Å². The van der Waals surface area contributed by atoms with Crippen molar-refractivity contribution in [2.75, 3.05) is 11.9 Å². The lowest BCUT2D eigenvalue weighted by molar-refractivity contribution is 0.0697. The molecule has 2 rings (SSSR count). The summed E-state index contributed by atoms with van der Waals surface area (Å²) in [6.45, 7) is 0.646. The predicted octanol–water partition coefficient (Wildman–Crippen LogP) is 2.42. The van der Waals surface area contributed by atoms with Gasteiger partial charge in [0.05, 0.1) is 11.3 Å². The fourth-order valence-electron chi connectivity index (χ4n) is 1.83. The van der Waals surface area contributed by atoms with Crippen LogP contribution in [0.3, 0.4) is 0 Å². The molecule has 0 aliphatic heterocycles. The average molecular weight is 242 g/mol. The molecule has 92 valence electrons. The zero-order valence-electron chi connectivity index (χ0n) is 10.1. The lowest BCUT2D eigenvalue weighted by Crippen LogP contribution is -2.19. The summed E-state index contributed by atoms with van der Waals surface area (Å²) < 4.78 is 0. The highest BCUT2D eigenvalue weighted by molar-refractivity contribution is 5.94. The third kappa shape index (κ3) is 2.66. The van der Waals surface area contributed by atoms with Crippen molar-refractivity contribution in [2.45, 2.75) is 6.54 Å². The number of anilines is 1. The maximum Gasteiger partial charge on any atom is 0.337 e. The van der Waals surface area contributed by atoms with E-state index in [-0.39, 0.29) is 0 Å². The third-order valence-corrected chi connectivity index (χ3v) is 2.71. The Bertz CT molecular complexity index is 541. The average Bonchev–Trinajstić information content (AvgIpc) is 2.40. The summed E-state index contributed by atoms with van der Waals surface area (Å²) in [4.78, 5) is 17.0. The monoisotopic (exact) mass is 242 g/mol. The van der Waals surface area contributed by atoms with Crippen LogP contribution in [0, 0.1) is 0 Å². The lowest BCUT2D eigenvalue weighted by atomic mass is 10.1. The van der Waals surface area contributed by atoms with Gasteiger partial charge in [0.2, 0.25) is 0 Å². The van der Waals surface area contributed by atoms with Crippen LogP contribution < -0.4 is 4.90 Å². The number of carboxylic acids is 1. The number of nitrogens with zero attached hydrogens (tertiary/aromatic N) is 2. The Hall–Kier alpha value is -2.36. The van der Waals surface area contributed by atoms with Crippen LogP contribution in [0.1, 0.15) is 15.9 Å². The highest BCUT2D eigenvalue weighted by atomic mass is 16.4. The molecule has 1 aromatic heterocycles. The van der Waals surface area contributed by atoms with E-state index in [0.29, 0.717) is 17.8 Å². The zero-order chi connectivity index (χ0) is 13.0. The molecule has 1 aromatic carbocycles. The smallest absolute Gasteiger partial charge is 0.337 e. The maximum atomic E-state index is 11.1. The molecule has 1 heterocycles. The normalized spacial score (nSPS) is 10.1. The number of hydrogen-bond acceptors (Lipinski definition) is 3. The van der Waals surface area contributed by atoms with Crippen molar-refractivity contribution in [2.24, 2.45) is 0 Å². The Morgan fingerprint density at radius 2 is 1.89 bits per heavy atom. The second-order valence-electron chi connectivity index (χ2n) is 4.03. The molecule has 0 radical (unpaired) electrons. The van der Waals surface area contributed by atoms with Crippen LogP contribution in [-0.2, 0) is 6.54 Å². The number of benzene rings is 1. The fourth-order valence-corrected chi connectivity index (χ4v) is 1.83. The summed E-state index contributed by atoms with van der Waals surface area (Å²) in [6, 6.07) is 10.8. The second kappa shape index (κ2) is 5.31. The van der Waals surface area contributed by atoms with Gasteiger partial charge in [-0.25, -0.2) is 4.79 Å². The quantitative estimate of drug-likeness (QED) is 0.894. The van der Waals surface area contributed by atoms with Gasteiger partial charge in [-0.2, -0.15) is 0 Å². The number of carbonyl (C=O) groups is 1. The van der Waals surface area contributed by atoms with Crippen molar-refractivity contribution in [3.8, 4) is 0 Å². The van der Waals surface area contributed by atoms with Crippen LogP contribution in [0.4, 0.5) is 5.69 Å². The number of aromatic carboxylic acids is 1. The molecule has 4 heteroatoms. The molecule has 1 N–H and O–H groups in total. The summed E-state index contributed by atoms with van der Waals surface area (Å²) in [6.07, 6.45) is 3.46. The second-order valence-corrected chi connectivity index (χ2v) is 4.03. The molecule has 0 unspecified atom stereocenters. The first-order valence-electron chi connectivity index (χ1n) is 5.61. The molecule has 0 aliphatic carbocycles. The van der Waals surface area contributed by atoms with Gasteiger partial charge < -0.3 is 10.0 Å². The van der Waals surface area contributed by atoms with E-state index in [1.807, 2.05) is 36.2 Å². The lowest BCUT2D eigenvalue weighted by Gasteiger charge is -2.21. The molecule has 0 fully saturated rings. The van der Waals surface area contributed by atoms with Crippen molar-refractivity contribution >= 4 is 11.7 Å². The minimum Gasteiger partial charge on any atom is -0.478 e. The van der Waals surface area contributed by atoms with Gasteiger partial charge in [-0.15, -0.1) is 0 Å². The number of rotatable bonds is 4. The summed E-state index contributed by atoms with van der Waals surface area (Å²) in [5, 5.41) is 9.14. The van der Waals surface area contributed by atoms with Gasteiger partial charge in [0.1, 0.15) is 0 Å². The van der Waals surface area contributed by atoms with Crippen LogP contribution >= 0.6 is 0 Å². The highest BCUT2D eigenvalue weighted by Crippen LogP contribution is 2.20. The van der Waals surface area contributed by atoms with Crippen molar-refractivity contribution in [1.82, 2.24) is 4.98 Å². The van der Waals surface area contributed by atoms with Gasteiger partial charge in [0, 0.05) is 26.0 Å². The van der Waals surface area contributed by atoms with Crippen LogP contribution in [0.15, 0.2) is 48.8 Å². The standard InChI is InChI=1S/C14H14N2O2/c1-16(10-11-6-8-15-9-7-11)13-5-3-2-4-12(13)14(17)18/h2-9H,10H2,1H3,(H,17,18). The summed E-state index contributed by atoms with van der Waals surface area (Å²) >= 11 is 0. The first-order valence-corrected chi connectivity index (χ1v) is 5.61. The molecule has 0 bridgehead atoms. The molecule has 0 saturated heterocycles. The van der Waals surface area contributed by atoms with Gasteiger partial charge >= 0.3 is 5.97 Å². The molecule has 0 amide bonds. The van der Waals surface area contributed by atoms with E-state index in [2.05, 4.69) is 4.98 Å². The fraction of sp³-hybridized carbons (Fsp3) is 0.143. The van der Waals surface area contributed by atoms with E-state index in [9.17, 15) is 4.79 Å². The molecular weight excluding hydrogens is 228 g/mol. The summed E-state index contributed by atoms with van der Waals surface area (Å²) in [5.74, 6) is -0.910. The molecule has 18 heavy (non-hydrogen) atoms. The number of carboxylic acid groups (broad SMARTS) is 1. The Morgan fingerprint density at radius 3 is 2.56 bits per heavy atom. The van der Waals surface area contributed by atoms with Gasteiger partial charge in [-0.3, -0.25) is 4.98 Å². The van der Waals surface area contributed by atoms with Gasteiger partial charge in [-0.05, 0) is 29.8 Å². The molecule has 2 aromatic rings. The molecule has 0 aliphatic rings. The van der Waals surface area contributed by atoms with E-state index in [1.165, 1.54) is 0 Å². The Morgan fingerprint density at radius 1 is 1.22 bits per heavy atom. The number of hydrogen-bond donors (Lipinski definition) is 1.